The van der Waals surface area contributed by atoms with Crippen LogP contribution in [-0.4, -0.2) is 40.8 Å². The summed E-state index contributed by atoms with van der Waals surface area (Å²) in [6, 6.07) is 8.18. The highest BCUT2D eigenvalue weighted by Gasteiger charge is 2.25. The molecule has 0 radical (unpaired) electrons. The van der Waals surface area contributed by atoms with Gasteiger partial charge in [0.1, 0.15) is 11.3 Å². The van der Waals surface area contributed by atoms with Crippen LogP contribution in [0.3, 0.4) is 0 Å². The lowest BCUT2D eigenvalue weighted by molar-refractivity contribution is 0.452. The maximum Gasteiger partial charge on any atom is 0.194 e. The normalized spacial score (nSPS) is 17.2. The monoisotopic (exact) mass is 493 g/mol. The van der Waals surface area contributed by atoms with Gasteiger partial charge in [-0.3, -0.25) is 9.67 Å². The number of aliphatic imine (C=N–C) groups is 1. The van der Waals surface area contributed by atoms with Gasteiger partial charge in [0.15, 0.2) is 5.96 Å². The zero-order chi connectivity index (χ0) is 18.8. The molecular formula is C21H28IN5O. The Labute approximate surface area is 183 Å². The lowest BCUT2D eigenvalue weighted by atomic mass is 10.0. The van der Waals surface area contributed by atoms with Gasteiger partial charge in [-0.15, -0.1) is 24.0 Å². The summed E-state index contributed by atoms with van der Waals surface area (Å²) in [5.41, 5.74) is 3.45. The molecule has 1 atom stereocenters. The molecule has 6 nitrogen and oxygen atoms in total. The molecule has 0 spiro atoms. The molecule has 0 amide bonds. The van der Waals surface area contributed by atoms with Gasteiger partial charge >= 0.3 is 0 Å². The zero-order valence-corrected chi connectivity index (χ0v) is 19.0. The number of aromatic nitrogens is 2. The smallest absolute Gasteiger partial charge is 0.194 e. The van der Waals surface area contributed by atoms with E-state index < -0.39 is 0 Å². The molecule has 2 aromatic heterocycles. The molecule has 1 unspecified atom stereocenters. The number of aryl methyl sites for hydroxylation is 2. The van der Waals surface area contributed by atoms with Crippen molar-refractivity contribution >= 4 is 40.9 Å². The molecule has 150 valence electrons. The SMILES string of the molecule is CN=C(NCc1oc2ccccc2c1C)N1CCC(Cc2cnn(C)c2)C1.I. The Bertz CT molecular complexity index is 961. The maximum atomic E-state index is 6.01. The van der Waals surface area contributed by atoms with Crippen molar-refractivity contribution in [3.05, 3.63) is 53.5 Å². The van der Waals surface area contributed by atoms with E-state index in [4.69, 9.17) is 4.42 Å². The van der Waals surface area contributed by atoms with Crippen LogP contribution < -0.4 is 5.32 Å². The highest BCUT2D eigenvalue weighted by Crippen LogP contribution is 2.25. The largest absolute Gasteiger partial charge is 0.459 e. The third-order valence-corrected chi connectivity index (χ3v) is 5.43. The van der Waals surface area contributed by atoms with Crippen LogP contribution in [0.2, 0.25) is 0 Å². The lowest BCUT2D eigenvalue weighted by Crippen LogP contribution is -2.39. The number of nitrogens with one attached hydrogen (secondary N) is 1. The summed E-state index contributed by atoms with van der Waals surface area (Å²) in [6.07, 6.45) is 6.34. The topological polar surface area (TPSA) is 58.6 Å². The molecule has 1 fully saturated rings. The summed E-state index contributed by atoms with van der Waals surface area (Å²) in [5, 5.41) is 8.94. The van der Waals surface area contributed by atoms with Gasteiger partial charge in [0.25, 0.3) is 0 Å². The Kier molecular flexibility index (Phi) is 6.64. The van der Waals surface area contributed by atoms with Crippen LogP contribution in [0.15, 0.2) is 46.1 Å². The molecule has 0 aliphatic carbocycles. The summed E-state index contributed by atoms with van der Waals surface area (Å²) in [6.45, 7) is 4.82. The Balaban J connectivity index is 0.00000225. The van der Waals surface area contributed by atoms with E-state index in [1.54, 1.807) is 0 Å². The first-order valence-corrected chi connectivity index (χ1v) is 9.54. The predicted octanol–water partition coefficient (Wildman–Crippen LogP) is 3.73. The number of guanidine groups is 1. The summed E-state index contributed by atoms with van der Waals surface area (Å²) in [4.78, 5) is 6.83. The number of rotatable bonds is 4. The molecule has 28 heavy (non-hydrogen) atoms. The summed E-state index contributed by atoms with van der Waals surface area (Å²) < 4.78 is 7.89. The number of furan rings is 1. The Morgan fingerprint density at radius 2 is 2.18 bits per heavy atom. The van der Waals surface area contributed by atoms with Gasteiger partial charge in [-0.25, -0.2) is 0 Å². The van der Waals surface area contributed by atoms with Gasteiger partial charge in [-0.05, 0) is 37.3 Å². The minimum atomic E-state index is 0. The number of hydrogen-bond acceptors (Lipinski definition) is 3. The summed E-state index contributed by atoms with van der Waals surface area (Å²) in [5.74, 6) is 2.56. The number of halogens is 1. The highest BCUT2D eigenvalue weighted by atomic mass is 127. The summed E-state index contributed by atoms with van der Waals surface area (Å²) in [7, 11) is 3.82. The first kappa shape index (κ1) is 20.7. The van der Waals surface area contributed by atoms with Crippen molar-refractivity contribution in [1.82, 2.24) is 20.0 Å². The minimum absolute atomic E-state index is 0. The standard InChI is InChI=1S/C21H27N5O.HI/c1-15-18-6-4-5-7-19(18)27-20(15)12-23-21(22-2)26-9-8-16(14-26)10-17-11-24-25(3)13-17;/h4-7,11,13,16H,8-10,12,14H2,1-3H3,(H,22,23);1H. The van der Waals surface area contributed by atoms with Crippen LogP contribution in [0.25, 0.3) is 11.0 Å². The molecule has 0 bridgehead atoms. The van der Waals surface area contributed by atoms with Crippen LogP contribution in [0, 0.1) is 12.8 Å². The fraction of sp³-hybridized carbons (Fsp3) is 0.429. The Hall–Kier alpha value is -2.03. The van der Waals surface area contributed by atoms with Crippen molar-refractivity contribution in [3.8, 4) is 0 Å². The fourth-order valence-electron chi connectivity index (χ4n) is 3.99. The third kappa shape index (κ3) is 4.34. The van der Waals surface area contributed by atoms with Crippen LogP contribution >= 0.6 is 24.0 Å². The second kappa shape index (κ2) is 8.98. The molecule has 1 aliphatic heterocycles. The number of fused-ring (bicyclic) bond motifs is 1. The Morgan fingerprint density at radius 3 is 2.89 bits per heavy atom. The molecule has 3 aromatic rings. The van der Waals surface area contributed by atoms with Gasteiger partial charge < -0.3 is 14.6 Å². The van der Waals surface area contributed by atoms with Crippen molar-refractivity contribution < 1.29 is 4.42 Å². The molecule has 1 aliphatic rings. The molecule has 3 heterocycles. The van der Waals surface area contributed by atoms with Gasteiger partial charge in [-0.2, -0.15) is 5.10 Å². The number of nitrogens with zero attached hydrogens (tertiary/aromatic N) is 4. The van der Waals surface area contributed by atoms with Gasteiger partial charge in [-0.1, -0.05) is 18.2 Å². The van der Waals surface area contributed by atoms with Gasteiger partial charge in [0.2, 0.25) is 0 Å². The van der Waals surface area contributed by atoms with Crippen LogP contribution in [-0.2, 0) is 20.0 Å². The van der Waals surface area contributed by atoms with E-state index >= 15 is 0 Å². The first-order chi connectivity index (χ1) is 13.1. The second-order valence-corrected chi connectivity index (χ2v) is 7.37. The van der Waals surface area contributed by atoms with Crippen molar-refractivity contribution in [2.45, 2.75) is 26.3 Å². The zero-order valence-electron chi connectivity index (χ0n) is 16.7. The van der Waals surface area contributed by atoms with E-state index in [1.807, 2.05) is 43.2 Å². The van der Waals surface area contributed by atoms with Crippen molar-refractivity contribution in [2.24, 2.45) is 18.0 Å². The predicted molar refractivity (Wildman–Crippen MR) is 123 cm³/mol. The fourth-order valence-corrected chi connectivity index (χ4v) is 3.99. The Morgan fingerprint density at radius 1 is 1.36 bits per heavy atom. The van der Waals surface area contributed by atoms with E-state index in [-0.39, 0.29) is 24.0 Å². The van der Waals surface area contributed by atoms with Crippen molar-refractivity contribution in [1.29, 1.82) is 0 Å². The average molecular weight is 493 g/mol. The van der Waals surface area contributed by atoms with Crippen LogP contribution in [0.5, 0.6) is 0 Å². The average Bonchev–Trinajstić information content (AvgIpc) is 3.37. The molecule has 0 saturated carbocycles. The quantitative estimate of drug-likeness (QED) is 0.342. The number of likely N-dealkylation sites (tertiary alicyclic amines) is 1. The number of benzene rings is 1. The number of para-hydroxylation sites is 1. The first-order valence-electron chi connectivity index (χ1n) is 9.54. The number of hydrogen-bond donors (Lipinski definition) is 1. The minimum Gasteiger partial charge on any atom is -0.459 e. The molecule has 4 rings (SSSR count). The molecule has 1 N–H and O–H groups in total. The third-order valence-electron chi connectivity index (χ3n) is 5.43. The lowest BCUT2D eigenvalue weighted by Gasteiger charge is -2.21. The van der Waals surface area contributed by atoms with Crippen molar-refractivity contribution in [3.63, 3.8) is 0 Å². The van der Waals surface area contributed by atoms with Gasteiger partial charge in [0, 0.05) is 44.3 Å². The molecule has 7 heteroatoms. The van der Waals surface area contributed by atoms with Gasteiger partial charge in [0.05, 0.1) is 12.7 Å². The maximum absolute atomic E-state index is 6.01. The van der Waals surface area contributed by atoms with Crippen molar-refractivity contribution in [2.75, 3.05) is 20.1 Å². The second-order valence-electron chi connectivity index (χ2n) is 7.37. The summed E-state index contributed by atoms with van der Waals surface area (Å²) >= 11 is 0. The molecule has 1 saturated heterocycles. The molecule has 1 aromatic carbocycles. The van der Waals surface area contributed by atoms with E-state index in [1.165, 1.54) is 22.9 Å². The highest BCUT2D eigenvalue weighted by molar-refractivity contribution is 14.0. The van der Waals surface area contributed by atoms with E-state index in [0.717, 1.165) is 36.8 Å². The van der Waals surface area contributed by atoms with Crippen LogP contribution in [0.1, 0.15) is 23.3 Å². The van der Waals surface area contributed by atoms with E-state index in [2.05, 4.69) is 39.5 Å². The van der Waals surface area contributed by atoms with E-state index in [0.29, 0.717) is 12.5 Å². The van der Waals surface area contributed by atoms with Crippen LogP contribution in [0.4, 0.5) is 0 Å². The molecular weight excluding hydrogens is 465 g/mol. The van der Waals surface area contributed by atoms with E-state index in [9.17, 15) is 0 Å².